The highest BCUT2D eigenvalue weighted by Crippen LogP contribution is 2.38. The molecule has 4 heteroatoms. The maximum absolute atomic E-state index is 6.98. The van der Waals surface area contributed by atoms with Crippen LogP contribution in [-0.4, -0.2) is 31.0 Å². The molecule has 1 aliphatic heterocycles. The smallest absolute Gasteiger partial charge is 0.261 e. The number of rotatable bonds is 6. The summed E-state index contributed by atoms with van der Waals surface area (Å²) in [6.45, 7) is 7.90. The molecule has 0 bridgehead atoms. The monoisotopic (exact) mass is 402 g/mol. The van der Waals surface area contributed by atoms with E-state index < -0.39 is 8.32 Å². The summed E-state index contributed by atoms with van der Waals surface area (Å²) in [5.74, 6) is 2.60. The predicted molar refractivity (Wildman–Crippen MR) is 122 cm³/mol. The highest BCUT2D eigenvalue weighted by molar-refractivity contribution is 8.17. The summed E-state index contributed by atoms with van der Waals surface area (Å²) in [4.78, 5) is 0. The van der Waals surface area contributed by atoms with Crippen molar-refractivity contribution in [1.29, 1.82) is 0 Å². The number of thioether (sulfide) groups is 2. The first-order valence-corrected chi connectivity index (χ1v) is 13.5. The Hall–Kier alpha value is -0.683. The summed E-state index contributed by atoms with van der Waals surface area (Å²) in [5, 5.41) is 2.83. The lowest BCUT2D eigenvalue weighted by Gasteiger charge is -2.43. The summed E-state index contributed by atoms with van der Waals surface area (Å²) >= 11 is 4.22. The second-order valence-electron chi connectivity index (χ2n) is 7.83. The number of hydrogen-bond acceptors (Lipinski definition) is 3. The lowest BCUT2D eigenvalue weighted by atomic mass is 10.2. The fraction of sp³-hybridized carbons (Fsp3) is 0.455. The molecule has 0 spiro atoms. The van der Waals surface area contributed by atoms with Gasteiger partial charge in [-0.25, -0.2) is 0 Å². The molecule has 3 rings (SSSR count). The van der Waals surface area contributed by atoms with Crippen molar-refractivity contribution in [2.45, 2.75) is 43.2 Å². The van der Waals surface area contributed by atoms with Gasteiger partial charge in [-0.15, -0.1) is 23.5 Å². The van der Waals surface area contributed by atoms with Crippen molar-refractivity contribution >= 4 is 42.2 Å². The van der Waals surface area contributed by atoms with E-state index in [1.807, 2.05) is 0 Å². The lowest BCUT2D eigenvalue weighted by Crippen LogP contribution is -2.66. The van der Waals surface area contributed by atoms with Crippen LogP contribution in [-0.2, 0) is 4.43 Å². The summed E-state index contributed by atoms with van der Waals surface area (Å²) in [5.41, 5.74) is 0. The zero-order valence-corrected chi connectivity index (χ0v) is 18.7. The fourth-order valence-corrected chi connectivity index (χ4v) is 11.2. The van der Waals surface area contributed by atoms with Gasteiger partial charge in [0, 0.05) is 6.61 Å². The highest BCUT2D eigenvalue weighted by atomic mass is 32.2. The number of benzene rings is 2. The van der Waals surface area contributed by atoms with Crippen LogP contribution in [0.5, 0.6) is 0 Å². The predicted octanol–water partition coefficient (Wildman–Crippen LogP) is 5.15. The van der Waals surface area contributed by atoms with E-state index in [0.29, 0.717) is 4.58 Å². The molecule has 1 nitrogen and oxygen atoms in total. The first-order chi connectivity index (χ1) is 12.5. The average molecular weight is 403 g/mol. The van der Waals surface area contributed by atoms with Crippen molar-refractivity contribution in [3.8, 4) is 0 Å². The van der Waals surface area contributed by atoms with Crippen LogP contribution in [0.2, 0.25) is 5.04 Å². The van der Waals surface area contributed by atoms with Gasteiger partial charge in [-0.2, -0.15) is 0 Å². The Balaban J connectivity index is 1.92. The van der Waals surface area contributed by atoms with Crippen LogP contribution in [0.3, 0.4) is 0 Å². The van der Waals surface area contributed by atoms with E-state index >= 15 is 0 Å². The molecule has 2 aromatic carbocycles. The summed E-state index contributed by atoms with van der Waals surface area (Å²) in [6.07, 6.45) is 2.49. The Labute approximate surface area is 168 Å². The van der Waals surface area contributed by atoms with E-state index in [1.54, 1.807) is 0 Å². The van der Waals surface area contributed by atoms with E-state index in [0.717, 1.165) is 13.0 Å². The Morgan fingerprint density at radius 2 is 1.38 bits per heavy atom. The van der Waals surface area contributed by atoms with Crippen molar-refractivity contribution < 1.29 is 4.43 Å². The molecule has 1 heterocycles. The molecule has 0 radical (unpaired) electrons. The van der Waals surface area contributed by atoms with Crippen molar-refractivity contribution in [2.24, 2.45) is 0 Å². The van der Waals surface area contributed by atoms with Crippen molar-refractivity contribution in [2.75, 3.05) is 18.1 Å². The van der Waals surface area contributed by atoms with Crippen LogP contribution in [0.15, 0.2) is 60.7 Å². The maximum Gasteiger partial charge on any atom is 0.261 e. The van der Waals surface area contributed by atoms with Gasteiger partial charge in [0.2, 0.25) is 0 Å². The largest absolute Gasteiger partial charge is 0.407 e. The molecule has 1 aliphatic rings. The first kappa shape index (κ1) is 20.1. The third kappa shape index (κ3) is 4.41. The topological polar surface area (TPSA) is 9.23 Å². The summed E-state index contributed by atoms with van der Waals surface area (Å²) in [7, 11) is -2.35. The molecule has 0 saturated carbocycles. The van der Waals surface area contributed by atoms with Crippen LogP contribution < -0.4 is 10.4 Å². The van der Waals surface area contributed by atoms with Gasteiger partial charge in [-0.3, -0.25) is 0 Å². The second-order valence-corrected chi connectivity index (χ2v) is 15.1. The van der Waals surface area contributed by atoms with Gasteiger partial charge in [-0.05, 0) is 39.8 Å². The van der Waals surface area contributed by atoms with E-state index in [9.17, 15) is 0 Å². The van der Waals surface area contributed by atoms with Crippen LogP contribution >= 0.6 is 23.5 Å². The maximum atomic E-state index is 6.98. The minimum Gasteiger partial charge on any atom is -0.407 e. The van der Waals surface area contributed by atoms with Gasteiger partial charge in [-0.1, -0.05) is 81.4 Å². The van der Waals surface area contributed by atoms with Gasteiger partial charge in [0.15, 0.2) is 0 Å². The Kier molecular flexibility index (Phi) is 6.95. The van der Waals surface area contributed by atoms with Crippen molar-refractivity contribution in [1.82, 2.24) is 0 Å². The van der Waals surface area contributed by atoms with Crippen LogP contribution in [0.25, 0.3) is 0 Å². The fourth-order valence-electron chi connectivity index (χ4n) is 3.77. The molecular formula is C22H30OS2Si. The lowest BCUT2D eigenvalue weighted by molar-refractivity contribution is 0.297. The van der Waals surface area contributed by atoms with Crippen LogP contribution in [0, 0.1) is 0 Å². The normalized spacial score (nSPS) is 16.6. The molecule has 0 atom stereocenters. The van der Waals surface area contributed by atoms with Crippen LogP contribution in [0.4, 0.5) is 0 Å². The molecule has 1 saturated heterocycles. The first-order valence-electron chi connectivity index (χ1n) is 9.52. The molecule has 0 amide bonds. The van der Waals surface area contributed by atoms with E-state index in [1.165, 1.54) is 28.3 Å². The molecule has 140 valence electrons. The molecule has 26 heavy (non-hydrogen) atoms. The molecule has 0 unspecified atom stereocenters. The Morgan fingerprint density at radius 1 is 0.885 bits per heavy atom. The Bertz CT molecular complexity index is 624. The van der Waals surface area contributed by atoms with Crippen molar-refractivity contribution in [3.63, 3.8) is 0 Å². The average Bonchev–Trinajstić information content (AvgIpc) is 2.66. The van der Waals surface area contributed by atoms with E-state index in [-0.39, 0.29) is 5.04 Å². The highest BCUT2D eigenvalue weighted by Gasteiger charge is 2.50. The van der Waals surface area contributed by atoms with Gasteiger partial charge in [0.1, 0.15) is 0 Å². The SMILES string of the molecule is CC(C)(C)[Si](OCCC1SCCCS1)(c1ccccc1)c1ccccc1. The zero-order valence-electron chi connectivity index (χ0n) is 16.1. The number of hydrogen-bond donors (Lipinski definition) is 0. The molecule has 1 fully saturated rings. The zero-order chi connectivity index (χ0) is 18.5. The molecule has 0 aliphatic carbocycles. The van der Waals surface area contributed by atoms with Crippen molar-refractivity contribution in [3.05, 3.63) is 60.7 Å². The molecule has 0 aromatic heterocycles. The third-order valence-electron chi connectivity index (χ3n) is 4.99. The minimum atomic E-state index is -2.35. The molecular weight excluding hydrogens is 372 g/mol. The van der Waals surface area contributed by atoms with Gasteiger partial charge in [0.25, 0.3) is 8.32 Å². The second kappa shape index (κ2) is 9.00. The quantitative estimate of drug-likeness (QED) is 0.619. The minimum absolute atomic E-state index is 0.0720. The van der Waals surface area contributed by atoms with E-state index in [2.05, 4.69) is 105 Å². The molecule has 0 N–H and O–H groups in total. The third-order valence-corrected chi connectivity index (χ3v) is 13.1. The Morgan fingerprint density at radius 3 is 1.85 bits per heavy atom. The summed E-state index contributed by atoms with van der Waals surface area (Å²) < 4.78 is 7.68. The van der Waals surface area contributed by atoms with Gasteiger partial charge in [0.05, 0.1) is 4.58 Å². The standard InChI is InChI=1S/C22H30OS2Si/c1-22(2,3)26(19-11-6-4-7-12-19,20-13-8-5-9-14-20)23-16-15-21-24-17-10-18-25-21/h4-9,11-14,21H,10,15-18H2,1-3H3. The van der Waals surface area contributed by atoms with Gasteiger partial charge < -0.3 is 4.43 Å². The molecule has 2 aromatic rings. The summed E-state index contributed by atoms with van der Waals surface area (Å²) in [6, 6.07) is 21.9. The van der Waals surface area contributed by atoms with Gasteiger partial charge >= 0.3 is 0 Å². The van der Waals surface area contributed by atoms with E-state index in [4.69, 9.17) is 4.43 Å². The van der Waals surface area contributed by atoms with Crippen LogP contribution in [0.1, 0.15) is 33.6 Å².